The lowest BCUT2D eigenvalue weighted by Gasteiger charge is -2.37. The Morgan fingerprint density at radius 3 is 1.68 bits per heavy atom. The lowest BCUT2D eigenvalue weighted by molar-refractivity contribution is 0.154. The Hall–Kier alpha value is -0.520. The van der Waals surface area contributed by atoms with Gasteiger partial charge in [-0.1, -0.05) is 70.1 Å². The molecule has 0 nitrogen and oxygen atoms in total. The van der Waals surface area contributed by atoms with E-state index in [1.165, 1.54) is 96.3 Å². The summed E-state index contributed by atoms with van der Waals surface area (Å²) in [7, 11) is 0. The van der Waals surface area contributed by atoms with Crippen LogP contribution in [-0.2, 0) is 0 Å². The van der Waals surface area contributed by atoms with Gasteiger partial charge >= 0.3 is 0 Å². The van der Waals surface area contributed by atoms with Gasteiger partial charge < -0.3 is 0 Å². The van der Waals surface area contributed by atoms with Crippen molar-refractivity contribution in [2.45, 2.75) is 116 Å². The van der Waals surface area contributed by atoms with Crippen LogP contribution in [0.3, 0.4) is 0 Å². The van der Waals surface area contributed by atoms with Crippen molar-refractivity contribution >= 4 is 0 Å². The molecule has 0 aromatic carbocycles. The fourth-order valence-corrected chi connectivity index (χ4v) is 6.66. The van der Waals surface area contributed by atoms with E-state index in [1.54, 1.807) is 12.8 Å². The quantitative estimate of drug-likeness (QED) is 0.348. The summed E-state index contributed by atoms with van der Waals surface area (Å²) in [6, 6.07) is 0. The Bertz CT molecular complexity index is 437. The van der Waals surface area contributed by atoms with E-state index in [0.717, 1.165) is 35.5 Å². The highest BCUT2D eigenvalue weighted by molar-refractivity contribution is 4.93. The van der Waals surface area contributed by atoms with Crippen LogP contribution in [0.4, 0.5) is 0 Å². The molecule has 3 aliphatic rings. The molecule has 3 rings (SSSR count). The maximum absolute atomic E-state index is 3.87. The smallest absolute Gasteiger partial charge is 0.0233 e. The molecule has 28 heavy (non-hydrogen) atoms. The van der Waals surface area contributed by atoms with Crippen LogP contribution < -0.4 is 0 Å². The molecule has 0 bridgehead atoms. The van der Waals surface area contributed by atoms with Crippen molar-refractivity contribution in [3.63, 3.8) is 0 Å². The first-order valence-electron chi connectivity index (χ1n) is 13.1. The van der Waals surface area contributed by atoms with E-state index in [4.69, 9.17) is 0 Å². The Morgan fingerprint density at radius 1 is 0.643 bits per heavy atom. The number of allylic oxidation sites excluding steroid dienone is 3. The second-order valence-electron chi connectivity index (χ2n) is 10.6. The van der Waals surface area contributed by atoms with E-state index >= 15 is 0 Å². The molecule has 0 amide bonds. The standard InChI is InChI=1S/C28H48/c1-3-5-8-24-11-13-25(14-12-24)9-6-7-10-26-17-21-28(22-18-26)27-19-15-23(4-2)16-20-27/h3,7,10,23-28H,1,4-6,8-9,11-22H2,2H3. The van der Waals surface area contributed by atoms with Gasteiger partial charge in [0.25, 0.3) is 0 Å². The summed E-state index contributed by atoms with van der Waals surface area (Å²) in [5, 5.41) is 0. The average Bonchev–Trinajstić information content (AvgIpc) is 2.76. The minimum Gasteiger partial charge on any atom is -0.103 e. The average molecular weight is 385 g/mol. The van der Waals surface area contributed by atoms with Gasteiger partial charge in [0, 0.05) is 0 Å². The first-order chi connectivity index (χ1) is 13.8. The molecule has 0 radical (unpaired) electrons. The second kappa shape index (κ2) is 12.2. The second-order valence-corrected chi connectivity index (χ2v) is 10.6. The molecule has 0 atom stereocenters. The van der Waals surface area contributed by atoms with E-state index in [2.05, 4.69) is 31.7 Å². The van der Waals surface area contributed by atoms with Crippen molar-refractivity contribution in [3.05, 3.63) is 24.8 Å². The summed E-state index contributed by atoms with van der Waals surface area (Å²) in [6.07, 6.45) is 32.1. The molecule has 0 aliphatic heterocycles. The lowest BCUT2D eigenvalue weighted by Crippen LogP contribution is -2.25. The number of hydrogen-bond donors (Lipinski definition) is 0. The van der Waals surface area contributed by atoms with Crippen molar-refractivity contribution in [2.24, 2.45) is 35.5 Å². The van der Waals surface area contributed by atoms with Crippen molar-refractivity contribution in [2.75, 3.05) is 0 Å². The molecule has 3 saturated carbocycles. The first kappa shape index (κ1) is 22.2. The predicted octanol–water partition coefficient (Wildman–Crippen LogP) is 9.12. The van der Waals surface area contributed by atoms with Crippen LogP contribution in [0.15, 0.2) is 24.8 Å². The maximum Gasteiger partial charge on any atom is -0.0233 e. The van der Waals surface area contributed by atoms with Crippen LogP contribution in [0, 0.1) is 35.5 Å². The topological polar surface area (TPSA) is 0 Å². The molecule has 3 fully saturated rings. The fourth-order valence-electron chi connectivity index (χ4n) is 6.66. The van der Waals surface area contributed by atoms with Gasteiger partial charge in [0.1, 0.15) is 0 Å². The molecule has 0 heteroatoms. The monoisotopic (exact) mass is 384 g/mol. The van der Waals surface area contributed by atoms with Crippen molar-refractivity contribution < 1.29 is 0 Å². The van der Waals surface area contributed by atoms with Crippen LogP contribution in [-0.4, -0.2) is 0 Å². The minimum atomic E-state index is 0.901. The van der Waals surface area contributed by atoms with Crippen LogP contribution in [0.2, 0.25) is 0 Å². The van der Waals surface area contributed by atoms with Crippen LogP contribution >= 0.6 is 0 Å². The molecule has 0 saturated heterocycles. The predicted molar refractivity (Wildman–Crippen MR) is 124 cm³/mol. The summed E-state index contributed by atoms with van der Waals surface area (Å²) < 4.78 is 0. The summed E-state index contributed by atoms with van der Waals surface area (Å²) in [4.78, 5) is 0. The van der Waals surface area contributed by atoms with Gasteiger partial charge in [0.15, 0.2) is 0 Å². The number of rotatable bonds is 9. The van der Waals surface area contributed by atoms with Gasteiger partial charge in [-0.2, -0.15) is 0 Å². The van der Waals surface area contributed by atoms with E-state index in [1.807, 2.05) is 0 Å². The van der Waals surface area contributed by atoms with E-state index in [-0.39, 0.29) is 0 Å². The summed E-state index contributed by atoms with van der Waals surface area (Å²) in [5.74, 6) is 6.11. The molecule has 160 valence electrons. The van der Waals surface area contributed by atoms with Gasteiger partial charge in [-0.15, -0.1) is 6.58 Å². The summed E-state index contributed by atoms with van der Waals surface area (Å²) in [5.41, 5.74) is 0. The van der Waals surface area contributed by atoms with Crippen LogP contribution in [0.1, 0.15) is 116 Å². The summed E-state index contributed by atoms with van der Waals surface area (Å²) in [6.45, 7) is 6.26. The molecule has 0 spiro atoms. The fraction of sp³-hybridized carbons (Fsp3) is 0.857. The van der Waals surface area contributed by atoms with Crippen molar-refractivity contribution in [3.8, 4) is 0 Å². The number of hydrogen-bond acceptors (Lipinski definition) is 0. The van der Waals surface area contributed by atoms with E-state index in [9.17, 15) is 0 Å². The molecular formula is C28H48. The molecule has 0 heterocycles. The third-order valence-corrected chi connectivity index (χ3v) is 8.85. The van der Waals surface area contributed by atoms with E-state index < -0.39 is 0 Å². The Morgan fingerprint density at radius 2 is 1.14 bits per heavy atom. The molecule has 0 aromatic heterocycles. The SMILES string of the molecule is C=CCCC1CCC(CCC=CC2CCC(C3CCC(CC)CC3)CC2)CC1. The zero-order valence-corrected chi connectivity index (χ0v) is 18.9. The highest BCUT2D eigenvalue weighted by Crippen LogP contribution is 2.42. The molecule has 0 N–H and O–H groups in total. The minimum absolute atomic E-state index is 0.901. The van der Waals surface area contributed by atoms with Gasteiger partial charge in [0.05, 0.1) is 0 Å². The van der Waals surface area contributed by atoms with E-state index in [0.29, 0.717) is 0 Å². The van der Waals surface area contributed by atoms with Gasteiger partial charge in [-0.25, -0.2) is 0 Å². The van der Waals surface area contributed by atoms with Crippen molar-refractivity contribution in [1.82, 2.24) is 0 Å². The maximum atomic E-state index is 3.87. The van der Waals surface area contributed by atoms with Crippen molar-refractivity contribution in [1.29, 1.82) is 0 Å². The molecular weight excluding hydrogens is 336 g/mol. The van der Waals surface area contributed by atoms with Crippen LogP contribution in [0.25, 0.3) is 0 Å². The summed E-state index contributed by atoms with van der Waals surface area (Å²) >= 11 is 0. The van der Waals surface area contributed by atoms with Gasteiger partial charge in [-0.05, 0) is 99.7 Å². The van der Waals surface area contributed by atoms with Gasteiger partial charge in [0.2, 0.25) is 0 Å². The molecule has 0 unspecified atom stereocenters. The largest absolute Gasteiger partial charge is 0.103 e. The zero-order chi connectivity index (χ0) is 19.6. The van der Waals surface area contributed by atoms with Crippen LogP contribution in [0.5, 0.6) is 0 Å². The first-order valence-corrected chi connectivity index (χ1v) is 13.1. The third-order valence-electron chi connectivity index (χ3n) is 8.85. The Kier molecular flexibility index (Phi) is 9.69. The third kappa shape index (κ3) is 7.07. The highest BCUT2D eigenvalue weighted by atomic mass is 14.3. The molecule has 3 aliphatic carbocycles. The lowest BCUT2D eigenvalue weighted by atomic mass is 9.69. The normalized spacial score (nSPS) is 37.2. The zero-order valence-electron chi connectivity index (χ0n) is 18.9. The van der Waals surface area contributed by atoms with Gasteiger partial charge in [-0.3, -0.25) is 0 Å². The Labute approximate surface area is 176 Å². The Balaban J connectivity index is 1.25. The molecule has 0 aromatic rings. The highest BCUT2D eigenvalue weighted by Gasteiger charge is 2.29.